The maximum Gasteiger partial charge on any atom is 0.287 e. The monoisotopic (exact) mass is 529 g/mol. The highest BCUT2D eigenvalue weighted by Crippen LogP contribution is 2.18. The second-order valence-corrected chi connectivity index (χ2v) is 7.34. The van der Waals surface area contributed by atoms with E-state index in [1.807, 2.05) is 31.0 Å². The molecule has 1 fully saturated rings. The third-order valence-corrected chi connectivity index (χ3v) is 5.04. The molecule has 166 valence electrons. The van der Waals surface area contributed by atoms with Gasteiger partial charge in [0.15, 0.2) is 11.7 Å². The quantitative estimate of drug-likeness (QED) is 0.219. The van der Waals surface area contributed by atoms with E-state index < -0.39 is 0 Å². The zero-order valence-corrected chi connectivity index (χ0v) is 20.2. The van der Waals surface area contributed by atoms with Crippen LogP contribution in [0.4, 0.5) is 5.69 Å². The number of anilines is 1. The Kier molecular flexibility index (Phi) is 9.47. The van der Waals surface area contributed by atoms with Crippen molar-refractivity contribution >= 4 is 41.5 Å². The number of amides is 1. The average Bonchev–Trinajstić information content (AvgIpc) is 3.35. The Morgan fingerprint density at radius 3 is 2.83 bits per heavy atom. The van der Waals surface area contributed by atoms with Crippen LogP contribution in [0.25, 0.3) is 0 Å². The standard InChI is InChI=1S/C20H31N7O2.HI/c1-15-7-11-29-18(15)19(28)22-8-5-9-23-20(21-2)25-16-6-4-10-27(13-16)17-12-24-26(3)14-17;/h7,11-12,14,16H,4-6,8-10,13H2,1-3H3,(H,22,28)(H2,21,23,25);1H. The van der Waals surface area contributed by atoms with Crippen molar-refractivity contribution in [2.45, 2.75) is 32.2 Å². The summed E-state index contributed by atoms with van der Waals surface area (Å²) >= 11 is 0. The fraction of sp³-hybridized carbons (Fsp3) is 0.550. The van der Waals surface area contributed by atoms with Gasteiger partial charge in [0.05, 0.1) is 18.1 Å². The van der Waals surface area contributed by atoms with Crippen LogP contribution >= 0.6 is 24.0 Å². The van der Waals surface area contributed by atoms with Crippen molar-refractivity contribution in [3.8, 4) is 0 Å². The molecule has 1 aliphatic heterocycles. The summed E-state index contributed by atoms with van der Waals surface area (Å²) in [5.74, 6) is 0.995. The molecule has 3 rings (SSSR count). The molecule has 0 aromatic carbocycles. The minimum absolute atomic E-state index is 0. The van der Waals surface area contributed by atoms with Gasteiger partial charge in [-0.2, -0.15) is 5.10 Å². The van der Waals surface area contributed by atoms with E-state index in [9.17, 15) is 4.79 Å². The van der Waals surface area contributed by atoms with Crippen molar-refractivity contribution in [1.29, 1.82) is 0 Å². The van der Waals surface area contributed by atoms with Crippen molar-refractivity contribution in [3.63, 3.8) is 0 Å². The zero-order valence-electron chi connectivity index (χ0n) is 17.9. The van der Waals surface area contributed by atoms with Crippen molar-refractivity contribution in [3.05, 3.63) is 36.0 Å². The second kappa shape index (κ2) is 11.8. The largest absolute Gasteiger partial charge is 0.459 e. The predicted octanol–water partition coefficient (Wildman–Crippen LogP) is 1.89. The van der Waals surface area contributed by atoms with E-state index in [1.165, 1.54) is 6.26 Å². The Labute approximate surface area is 194 Å². The van der Waals surface area contributed by atoms with Crippen LogP contribution in [0.3, 0.4) is 0 Å². The number of carbonyl (C=O) groups excluding carboxylic acids is 1. The molecule has 10 heteroatoms. The van der Waals surface area contributed by atoms with E-state index in [0.717, 1.165) is 56.1 Å². The first-order valence-electron chi connectivity index (χ1n) is 10.1. The first-order chi connectivity index (χ1) is 14.1. The molecule has 0 spiro atoms. The number of hydrogen-bond donors (Lipinski definition) is 3. The van der Waals surface area contributed by atoms with Crippen LogP contribution in [0, 0.1) is 6.92 Å². The van der Waals surface area contributed by atoms with Crippen LogP contribution in [-0.4, -0.2) is 60.9 Å². The molecular formula is C20H32IN7O2. The van der Waals surface area contributed by atoms with Gasteiger partial charge in [0.2, 0.25) is 0 Å². The summed E-state index contributed by atoms with van der Waals surface area (Å²) in [4.78, 5) is 18.7. The molecule has 1 atom stereocenters. The first-order valence-corrected chi connectivity index (χ1v) is 10.1. The highest BCUT2D eigenvalue weighted by Gasteiger charge is 2.21. The Hall–Kier alpha value is -2.24. The molecule has 3 N–H and O–H groups in total. The van der Waals surface area contributed by atoms with Crippen LogP contribution < -0.4 is 20.9 Å². The fourth-order valence-corrected chi connectivity index (χ4v) is 3.47. The molecule has 1 aliphatic rings. The van der Waals surface area contributed by atoms with E-state index in [0.29, 0.717) is 18.3 Å². The summed E-state index contributed by atoms with van der Waals surface area (Å²) < 4.78 is 7.03. The van der Waals surface area contributed by atoms with Crippen molar-refractivity contribution in [1.82, 2.24) is 25.7 Å². The van der Waals surface area contributed by atoms with E-state index in [2.05, 4.69) is 30.9 Å². The lowest BCUT2D eigenvalue weighted by molar-refractivity contribution is 0.0925. The molecule has 3 heterocycles. The number of hydrogen-bond acceptors (Lipinski definition) is 5. The minimum atomic E-state index is -0.173. The molecule has 2 aromatic rings. The number of nitrogens with zero attached hydrogens (tertiary/aromatic N) is 4. The van der Waals surface area contributed by atoms with Gasteiger partial charge in [-0.3, -0.25) is 14.5 Å². The van der Waals surface area contributed by atoms with Crippen LogP contribution in [0.1, 0.15) is 35.4 Å². The van der Waals surface area contributed by atoms with Crippen LogP contribution in [0.15, 0.2) is 34.1 Å². The average molecular weight is 529 g/mol. The number of halogens is 1. The van der Waals surface area contributed by atoms with Crippen LogP contribution in [-0.2, 0) is 7.05 Å². The molecule has 0 bridgehead atoms. The SMILES string of the molecule is CN=C(NCCCNC(=O)c1occc1C)NC1CCCN(c2cnn(C)c2)C1.I. The summed E-state index contributed by atoms with van der Waals surface area (Å²) in [5.41, 5.74) is 2.00. The van der Waals surface area contributed by atoms with Gasteiger partial charge in [-0.25, -0.2) is 0 Å². The molecule has 0 radical (unpaired) electrons. The van der Waals surface area contributed by atoms with Gasteiger partial charge in [-0.05, 0) is 32.3 Å². The number of rotatable bonds is 7. The summed E-state index contributed by atoms with van der Waals surface area (Å²) in [7, 11) is 3.71. The summed E-state index contributed by atoms with van der Waals surface area (Å²) in [6, 6.07) is 2.11. The smallest absolute Gasteiger partial charge is 0.287 e. The Bertz CT molecular complexity index is 833. The lowest BCUT2D eigenvalue weighted by Gasteiger charge is -2.34. The topological polar surface area (TPSA) is 99.7 Å². The van der Waals surface area contributed by atoms with Gasteiger partial charge in [0, 0.05) is 58.1 Å². The molecule has 1 unspecified atom stereocenters. The number of nitrogens with one attached hydrogen (secondary N) is 3. The van der Waals surface area contributed by atoms with Gasteiger partial charge in [0.25, 0.3) is 5.91 Å². The fourth-order valence-electron chi connectivity index (χ4n) is 3.47. The van der Waals surface area contributed by atoms with E-state index >= 15 is 0 Å². The predicted molar refractivity (Wildman–Crippen MR) is 129 cm³/mol. The van der Waals surface area contributed by atoms with Crippen molar-refractivity contribution < 1.29 is 9.21 Å². The van der Waals surface area contributed by atoms with Crippen molar-refractivity contribution in [2.75, 3.05) is 38.1 Å². The number of guanidine groups is 1. The first kappa shape index (κ1) is 24.0. The number of piperidine rings is 1. The molecule has 30 heavy (non-hydrogen) atoms. The Morgan fingerprint density at radius 2 is 2.17 bits per heavy atom. The second-order valence-electron chi connectivity index (χ2n) is 7.34. The molecule has 0 saturated carbocycles. The Balaban J connectivity index is 0.00000320. The zero-order chi connectivity index (χ0) is 20.6. The van der Waals surface area contributed by atoms with E-state index in [-0.39, 0.29) is 29.9 Å². The highest BCUT2D eigenvalue weighted by molar-refractivity contribution is 14.0. The number of furan rings is 1. The molecule has 0 aliphatic carbocycles. The maximum atomic E-state index is 12.0. The van der Waals surface area contributed by atoms with Gasteiger partial charge in [-0.1, -0.05) is 0 Å². The van der Waals surface area contributed by atoms with Crippen LogP contribution in [0.5, 0.6) is 0 Å². The third kappa shape index (κ3) is 6.64. The minimum Gasteiger partial charge on any atom is -0.459 e. The lowest BCUT2D eigenvalue weighted by atomic mass is 10.1. The van der Waals surface area contributed by atoms with E-state index in [4.69, 9.17) is 4.42 Å². The number of aliphatic imine (C=N–C) groups is 1. The molecule has 1 amide bonds. The van der Waals surface area contributed by atoms with Gasteiger partial charge >= 0.3 is 0 Å². The lowest BCUT2D eigenvalue weighted by Crippen LogP contribution is -2.51. The molecular weight excluding hydrogens is 497 g/mol. The number of aromatic nitrogens is 2. The molecule has 2 aromatic heterocycles. The number of carbonyl (C=O) groups is 1. The molecule has 1 saturated heterocycles. The van der Waals surface area contributed by atoms with Crippen LogP contribution in [0.2, 0.25) is 0 Å². The highest BCUT2D eigenvalue weighted by atomic mass is 127. The molecule has 9 nitrogen and oxygen atoms in total. The van der Waals surface area contributed by atoms with Gasteiger partial charge in [-0.15, -0.1) is 24.0 Å². The summed E-state index contributed by atoms with van der Waals surface area (Å²) in [6.07, 6.45) is 8.51. The Morgan fingerprint density at radius 1 is 1.37 bits per heavy atom. The van der Waals surface area contributed by atoms with Gasteiger partial charge < -0.3 is 25.3 Å². The summed E-state index contributed by atoms with van der Waals surface area (Å²) in [5, 5.41) is 14.0. The summed E-state index contributed by atoms with van der Waals surface area (Å²) in [6.45, 7) is 5.11. The third-order valence-electron chi connectivity index (χ3n) is 5.04. The number of aryl methyl sites for hydroxylation is 2. The maximum absolute atomic E-state index is 12.0. The van der Waals surface area contributed by atoms with E-state index in [1.54, 1.807) is 13.1 Å². The van der Waals surface area contributed by atoms with Gasteiger partial charge in [0.1, 0.15) is 0 Å². The van der Waals surface area contributed by atoms with Crippen molar-refractivity contribution in [2.24, 2.45) is 12.0 Å². The normalized spacial score (nSPS) is 16.7.